The topological polar surface area (TPSA) is 44.1 Å². The molecule has 1 aromatic rings. The molecule has 0 aromatic carbocycles. The number of ketones is 1. The van der Waals surface area contributed by atoms with Gasteiger partial charge in [-0.05, 0) is 13.8 Å². The Morgan fingerprint density at radius 3 is 2.75 bits per heavy atom. The molecular weight excluding hydrogens is 228 g/mol. The number of rotatable bonds is 6. The average molecular weight is 245 g/mol. The lowest BCUT2D eigenvalue weighted by atomic mass is 10.1. The molecule has 1 aromatic heterocycles. The third-order valence-electron chi connectivity index (χ3n) is 2.37. The zero-order chi connectivity index (χ0) is 12.1. The van der Waals surface area contributed by atoms with E-state index < -0.39 is 0 Å². The number of aryl methyl sites for hydroxylation is 2. The van der Waals surface area contributed by atoms with E-state index in [1.54, 1.807) is 11.7 Å². The molecular formula is C11H17ClN2O2. The molecule has 4 nitrogen and oxygen atoms in total. The summed E-state index contributed by atoms with van der Waals surface area (Å²) in [6.45, 7) is 4.88. The van der Waals surface area contributed by atoms with Crippen molar-refractivity contribution >= 4 is 17.4 Å². The van der Waals surface area contributed by atoms with Gasteiger partial charge >= 0.3 is 0 Å². The molecule has 0 fully saturated rings. The first kappa shape index (κ1) is 13.2. The second-order valence-corrected chi connectivity index (χ2v) is 4.00. The maximum absolute atomic E-state index is 11.6. The molecule has 0 spiro atoms. The highest BCUT2D eigenvalue weighted by atomic mass is 35.5. The number of nitrogens with zero attached hydrogens (tertiary/aromatic N) is 2. The fraction of sp³-hybridized carbons (Fsp3) is 0.636. The van der Waals surface area contributed by atoms with Crippen LogP contribution in [0.5, 0.6) is 0 Å². The Kier molecular flexibility index (Phi) is 4.96. The number of aromatic nitrogens is 2. The van der Waals surface area contributed by atoms with Crippen molar-refractivity contribution in [1.29, 1.82) is 0 Å². The molecule has 1 heterocycles. The summed E-state index contributed by atoms with van der Waals surface area (Å²) < 4.78 is 6.72. The lowest BCUT2D eigenvalue weighted by Gasteiger charge is -2.01. The first-order chi connectivity index (χ1) is 7.56. The Morgan fingerprint density at radius 1 is 1.56 bits per heavy atom. The van der Waals surface area contributed by atoms with E-state index in [1.165, 1.54) is 0 Å². The number of ether oxygens (including phenoxy) is 1. The van der Waals surface area contributed by atoms with Crippen LogP contribution in [0.2, 0.25) is 5.15 Å². The van der Waals surface area contributed by atoms with Crippen molar-refractivity contribution in [2.24, 2.45) is 7.05 Å². The number of carbonyl (C=O) groups excluding carboxylic acids is 1. The minimum atomic E-state index is 0.131. The molecule has 0 saturated carbocycles. The van der Waals surface area contributed by atoms with E-state index in [0.717, 1.165) is 11.3 Å². The molecule has 0 amide bonds. The van der Waals surface area contributed by atoms with Crippen LogP contribution in [-0.2, 0) is 23.0 Å². The number of hydrogen-bond donors (Lipinski definition) is 0. The summed E-state index contributed by atoms with van der Waals surface area (Å²) in [7, 11) is 1.77. The van der Waals surface area contributed by atoms with E-state index in [-0.39, 0.29) is 5.78 Å². The summed E-state index contributed by atoms with van der Waals surface area (Å²) in [5.41, 5.74) is 1.64. The van der Waals surface area contributed by atoms with Crippen molar-refractivity contribution in [3.8, 4) is 0 Å². The largest absolute Gasteiger partial charge is 0.381 e. The Morgan fingerprint density at radius 2 is 2.25 bits per heavy atom. The van der Waals surface area contributed by atoms with E-state index in [0.29, 0.717) is 31.2 Å². The minimum Gasteiger partial charge on any atom is -0.381 e. The van der Waals surface area contributed by atoms with Gasteiger partial charge in [-0.1, -0.05) is 11.6 Å². The SMILES string of the molecule is CCOCCC(=O)Cc1c(C)nn(C)c1Cl. The van der Waals surface area contributed by atoms with Crippen LogP contribution in [0.1, 0.15) is 24.6 Å². The van der Waals surface area contributed by atoms with E-state index >= 15 is 0 Å². The van der Waals surface area contributed by atoms with Crippen LogP contribution in [0.3, 0.4) is 0 Å². The van der Waals surface area contributed by atoms with Crippen LogP contribution in [0.15, 0.2) is 0 Å². The van der Waals surface area contributed by atoms with Crippen LogP contribution >= 0.6 is 11.6 Å². The normalized spacial score (nSPS) is 10.8. The molecule has 5 heteroatoms. The third kappa shape index (κ3) is 3.32. The Labute approximate surface area is 101 Å². The van der Waals surface area contributed by atoms with Crippen LogP contribution < -0.4 is 0 Å². The van der Waals surface area contributed by atoms with Gasteiger partial charge in [0.05, 0.1) is 12.3 Å². The van der Waals surface area contributed by atoms with Crippen molar-refractivity contribution in [2.45, 2.75) is 26.7 Å². The fourth-order valence-corrected chi connectivity index (χ4v) is 1.73. The molecule has 0 saturated heterocycles. The monoisotopic (exact) mass is 244 g/mol. The number of hydrogen-bond acceptors (Lipinski definition) is 3. The molecule has 16 heavy (non-hydrogen) atoms. The average Bonchev–Trinajstić information content (AvgIpc) is 2.46. The Bertz CT molecular complexity index is 374. The van der Waals surface area contributed by atoms with Gasteiger partial charge in [0.25, 0.3) is 0 Å². The van der Waals surface area contributed by atoms with Crippen molar-refractivity contribution < 1.29 is 9.53 Å². The predicted octanol–water partition coefficient (Wildman–Crippen LogP) is 1.92. The predicted molar refractivity (Wildman–Crippen MR) is 62.8 cm³/mol. The lowest BCUT2D eigenvalue weighted by Crippen LogP contribution is -2.07. The van der Waals surface area contributed by atoms with Gasteiger partial charge in [0.15, 0.2) is 0 Å². The summed E-state index contributed by atoms with van der Waals surface area (Å²) in [5.74, 6) is 0.131. The van der Waals surface area contributed by atoms with E-state index in [2.05, 4.69) is 5.10 Å². The first-order valence-electron chi connectivity index (χ1n) is 5.33. The van der Waals surface area contributed by atoms with Crippen molar-refractivity contribution in [3.05, 3.63) is 16.4 Å². The molecule has 90 valence electrons. The maximum atomic E-state index is 11.6. The summed E-state index contributed by atoms with van der Waals surface area (Å²) in [5, 5.41) is 4.71. The molecule has 0 N–H and O–H groups in total. The maximum Gasteiger partial charge on any atom is 0.139 e. The van der Waals surface area contributed by atoms with Crippen LogP contribution in [0.4, 0.5) is 0 Å². The summed E-state index contributed by atoms with van der Waals surface area (Å²) >= 11 is 6.04. The number of Topliss-reactive ketones (excluding diaryl/α,β-unsaturated/α-hetero) is 1. The molecule has 0 aliphatic heterocycles. The lowest BCUT2D eigenvalue weighted by molar-refractivity contribution is -0.119. The molecule has 0 radical (unpaired) electrons. The van der Waals surface area contributed by atoms with Gasteiger partial charge in [-0.25, -0.2) is 0 Å². The highest BCUT2D eigenvalue weighted by Crippen LogP contribution is 2.19. The summed E-state index contributed by atoms with van der Waals surface area (Å²) in [6.07, 6.45) is 0.768. The minimum absolute atomic E-state index is 0.131. The van der Waals surface area contributed by atoms with Gasteiger partial charge < -0.3 is 4.74 Å². The molecule has 0 aliphatic rings. The van der Waals surface area contributed by atoms with Crippen LogP contribution in [0, 0.1) is 6.92 Å². The van der Waals surface area contributed by atoms with Gasteiger partial charge in [0, 0.05) is 32.1 Å². The van der Waals surface area contributed by atoms with Crippen molar-refractivity contribution in [1.82, 2.24) is 9.78 Å². The smallest absolute Gasteiger partial charge is 0.139 e. The van der Waals surface area contributed by atoms with Gasteiger partial charge in [-0.15, -0.1) is 0 Å². The van der Waals surface area contributed by atoms with Gasteiger partial charge in [0.1, 0.15) is 10.9 Å². The Balaban J connectivity index is 2.56. The molecule has 0 bridgehead atoms. The van der Waals surface area contributed by atoms with Crippen molar-refractivity contribution in [3.63, 3.8) is 0 Å². The van der Waals surface area contributed by atoms with Gasteiger partial charge in [0.2, 0.25) is 0 Å². The second-order valence-electron chi connectivity index (χ2n) is 3.64. The zero-order valence-corrected chi connectivity index (χ0v) is 10.7. The molecule has 0 unspecified atom stereocenters. The highest BCUT2D eigenvalue weighted by Gasteiger charge is 2.14. The quantitative estimate of drug-likeness (QED) is 0.719. The van der Waals surface area contributed by atoms with Crippen molar-refractivity contribution in [2.75, 3.05) is 13.2 Å². The number of carbonyl (C=O) groups is 1. The Hall–Kier alpha value is -0.870. The zero-order valence-electron chi connectivity index (χ0n) is 9.92. The fourth-order valence-electron chi connectivity index (χ4n) is 1.49. The standard InChI is InChI=1S/C11H17ClN2O2/c1-4-16-6-5-9(15)7-10-8(2)13-14(3)11(10)12/h4-7H2,1-3H3. The molecule has 0 aliphatic carbocycles. The van der Waals surface area contributed by atoms with Crippen LogP contribution in [0.25, 0.3) is 0 Å². The summed E-state index contributed by atoms with van der Waals surface area (Å²) in [4.78, 5) is 11.6. The van der Waals surface area contributed by atoms with Crippen LogP contribution in [-0.4, -0.2) is 28.8 Å². The van der Waals surface area contributed by atoms with E-state index in [4.69, 9.17) is 16.3 Å². The molecule has 1 rings (SSSR count). The third-order valence-corrected chi connectivity index (χ3v) is 2.85. The highest BCUT2D eigenvalue weighted by molar-refractivity contribution is 6.30. The van der Waals surface area contributed by atoms with Gasteiger partial charge in [-0.2, -0.15) is 5.10 Å². The number of halogens is 1. The first-order valence-corrected chi connectivity index (χ1v) is 5.71. The van der Waals surface area contributed by atoms with E-state index in [9.17, 15) is 4.79 Å². The second kappa shape index (κ2) is 6.01. The van der Waals surface area contributed by atoms with Gasteiger partial charge in [-0.3, -0.25) is 9.48 Å². The van der Waals surface area contributed by atoms with E-state index in [1.807, 2.05) is 13.8 Å². The molecule has 0 atom stereocenters. The summed E-state index contributed by atoms with van der Waals surface area (Å²) in [6, 6.07) is 0.